The molecule has 0 radical (unpaired) electrons. The van der Waals surface area contributed by atoms with Gasteiger partial charge in [-0.1, -0.05) is 49.7 Å². The largest absolute Gasteiger partial charge is 0.496 e. The van der Waals surface area contributed by atoms with Gasteiger partial charge in [-0.3, -0.25) is 14.5 Å². The molecule has 5 nitrogen and oxygen atoms in total. The molecule has 2 aromatic rings. The van der Waals surface area contributed by atoms with Gasteiger partial charge in [0.1, 0.15) is 11.4 Å². The van der Waals surface area contributed by atoms with Gasteiger partial charge in [0, 0.05) is 17.8 Å². The molecule has 2 amide bonds. The second-order valence-electron chi connectivity index (χ2n) is 7.51. The van der Waals surface area contributed by atoms with Crippen molar-refractivity contribution < 1.29 is 14.3 Å². The predicted octanol–water partition coefficient (Wildman–Crippen LogP) is 4.16. The fraction of sp³-hybridized carbons (Fsp3) is 0.304. The second-order valence-corrected chi connectivity index (χ2v) is 7.51. The number of hydrogen-bond acceptors (Lipinski definition) is 4. The molecule has 5 heteroatoms. The van der Waals surface area contributed by atoms with Crippen LogP contribution in [0.2, 0.25) is 0 Å². The Morgan fingerprint density at radius 2 is 1.75 bits per heavy atom. The molecular formula is C23H26N2O3. The van der Waals surface area contributed by atoms with E-state index in [1.807, 2.05) is 64.1 Å². The van der Waals surface area contributed by atoms with E-state index in [2.05, 4.69) is 5.32 Å². The maximum Gasteiger partial charge on any atom is 0.278 e. The van der Waals surface area contributed by atoms with E-state index in [9.17, 15) is 9.59 Å². The Kier molecular flexibility index (Phi) is 5.54. The minimum absolute atomic E-state index is 0.173. The summed E-state index contributed by atoms with van der Waals surface area (Å²) in [4.78, 5) is 27.7. The lowest BCUT2D eigenvalue weighted by Crippen LogP contribution is -2.35. The summed E-state index contributed by atoms with van der Waals surface area (Å²) in [7, 11) is 1.56. The summed E-state index contributed by atoms with van der Waals surface area (Å²) in [6, 6.07) is 13.2. The number of hydrogen-bond donors (Lipinski definition) is 1. The summed E-state index contributed by atoms with van der Waals surface area (Å²) in [5.41, 5.74) is 4.21. The van der Waals surface area contributed by atoms with Crippen LogP contribution < -0.4 is 10.1 Å². The van der Waals surface area contributed by atoms with Crippen molar-refractivity contribution in [3.8, 4) is 5.75 Å². The molecule has 0 atom stereocenters. The maximum atomic E-state index is 13.2. The molecule has 0 aliphatic carbocycles. The van der Waals surface area contributed by atoms with Crippen LogP contribution in [-0.4, -0.2) is 30.4 Å². The summed E-state index contributed by atoms with van der Waals surface area (Å²) in [6.45, 7) is 8.34. The van der Waals surface area contributed by atoms with Crippen LogP contribution in [0.5, 0.6) is 5.75 Å². The average molecular weight is 378 g/mol. The van der Waals surface area contributed by atoms with Crippen LogP contribution in [-0.2, 0) is 9.59 Å². The third-order valence-corrected chi connectivity index (χ3v) is 4.73. The van der Waals surface area contributed by atoms with Gasteiger partial charge < -0.3 is 10.1 Å². The van der Waals surface area contributed by atoms with E-state index in [1.54, 1.807) is 13.2 Å². The van der Waals surface area contributed by atoms with Crippen LogP contribution in [0, 0.1) is 19.8 Å². The van der Waals surface area contributed by atoms with Gasteiger partial charge in [-0.05, 0) is 37.5 Å². The molecule has 0 saturated heterocycles. The van der Waals surface area contributed by atoms with Gasteiger partial charge in [0.2, 0.25) is 0 Å². The van der Waals surface area contributed by atoms with E-state index >= 15 is 0 Å². The van der Waals surface area contributed by atoms with Crippen LogP contribution in [0.3, 0.4) is 0 Å². The van der Waals surface area contributed by atoms with Gasteiger partial charge >= 0.3 is 0 Å². The van der Waals surface area contributed by atoms with E-state index in [0.717, 1.165) is 16.8 Å². The van der Waals surface area contributed by atoms with Gasteiger partial charge in [-0.2, -0.15) is 0 Å². The molecule has 0 unspecified atom stereocenters. The molecule has 0 fully saturated rings. The normalized spacial score (nSPS) is 14.3. The highest BCUT2D eigenvalue weighted by atomic mass is 16.5. The van der Waals surface area contributed by atoms with Crippen LogP contribution in [0.1, 0.15) is 30.5 Å². The SMILES string of the molecule is COc1ccccc1C1=C(Nc2ccc(C)cc2C)C(=O)N(CC(C)C)C1=O. The number of ether oxygens (including phenoxy) is 1. The number of carbonyl (C=O) groups is 2. The molecule has 1 aliphatic heterocycles. The van der Waals surface area contributed by atoms with E-state index in [4.69, 9.17) is 4.74 Å². The van der Waals surface area contributed by atoms with Crippen molar-refractivity contribution in [2.75, 3.05) is 19.0 Å². The lowest BCUT2D eigenvalue weighted by Gasteiger charge is -2.17. The number of nitrogens with zero attached hydrogens (tertiary/aromatic N) is 1. The Hall–Kier alpha value is -3.08. The summed E-state index contributed by atoms with van der Waals surface area (Å²) in [5, 5.41) is 3.23. The van der Waals surface area contributed by atoms with E-state index in [-0.39, 0.29) is 17.7 Å². The highest BCUT2D eigenvalue weighted by molar-refractivity contribution is 6.37. The fourth-order valence-corrected chi connectivity index (χ4v) is 3.41. The quantitative estimate of drug-likeness (QED) is 0.767. The van der Waals surface area contributed by atoms with Crippen molar-refractivity contribution in [1.82, 2.24) is 4.90 Å². The number of anilines is 1. The number of nitrogens with one attached hydrogen (secondary N) is 1. The van der Waals surface area contributed by atoms with Gasteiger partial charge in [-0.15, -0.1) is 0 Å². The first-order chi connectivity index (χ1) is 13.3. The molecule has 2 aromatic carbocycles. The first-order valence-electron chi connectivity index (χ1n) is 9.41. The number of rotatable bonds is 6. The molecule has 0 spiro atoms. The first-order valence-corrected chi connectivity index (χ1v) is 9.41. The van der Waals surface area contributed by atoms with Gasteiger partial charge in [0.25, 0.3) is 11.8 Å². The lowest BCUT2D eigenvalue weighted by atomic mass is 10.0. The van der Waals surface area contributed by atoms with Crippen LogP contribution in [0.4, 0.5) is 5.69 Å². The standard InChI is InChI=1S/C23H26N2O3/c1-14(2)13-25-22(26)20(17-8-6-7-9-19(17)28-5)21(23(25)27)24-18-11-10-15(3)12-16(18)4/h6-12,14,24H,13H2,1-5H3. The molecule has 0 aromatic heterocycles. The van der Waals surface area contributed by atoms with E-state index in [1.165, 1.54) is 4.90 Å². The monoisotopic (exact) mass is 378 g/mol. The Balaban J connectivity index is 2.14. The van der Waals surface area contributed by atoms with Crippen molar-refractivity contribution in [2.45, 2.75) is 27.7 Å². The van der Waals surface area contributed by atoms with Crippen molar-refractivity contribution in [1.29, 1.82) is 0 Å². The zero-order chi connectivity index (χ0) is 20.4. The second kappa shape index (κ2) is 7.89. The molecule has 146 valence electrons. The Bertz CT molecular complexity index is 960. The molecule has 0 bridgehead atoms. The van der Waals surface area contributed by atoms with Crippen molar-refractivity contribution in [3.63, 3.8) is 0 Å². The summed E-state index contributed by atoms with van der Waals surface area (Å²) >= 11 is 0. The third kappa shape index (κ3) is 3.65. The number of methoxy groups -OCH3 is 1. The van der Waals surface area contributed by atoms with Gasteiger partial charge in [0.15, 0.2) is 0 Å². The molecule has 1 N–H and O–H groups in total. The molecule has 28 heavy (non-hydrogen) atoms. The van der Waals surface area contributed by atoms with Crippen LogP contribution in [0.25, 0.3) is 5.57 Å². The minimum atomic E-state index is -0.306. The van der Waals surface area contributed by atoms with E-state index in [0.29, 0.717) is 29.1 Å². The van der Waals surface area contributed by atoms with E-state index < -0.39 is 0 Å². The number of imide groups is 1. The molecule has 1 heterocycles. The zero-order valence-corrected chi connectivity index (χ0v) is 17.0. The lowest BCUT2D eigenvalue weighted by molar-refractivity contribution is -0.137. The third-order valence-electron chi connectivity index (χ3n) is 4.73. The Labute approximate surface area is 166 Å². The fourth-order valence-electron chi connectivity index (χ4n) is 3.41. The van der Waals surface area contributed by atoms with Crippen molar-refractivity contribution >= 4 is 23.1 Å². The molecular weight excluding hydrogens is 352 g/mol. The summed E-state index contributed by atoms with van der Waals surface area (Å²) < 4.78 is 5.45. The van der Waals surface area contributed by atoms with Crippen molar-refractivity contribution in [3.05, 3.63) is 64.9 Å². The van der Waals surface area contributed by atoms with Crippen LogP contribution >= 0.6 is 0 Å². The van der Waals surface area contributed by atoms with Gasteiger partial charge in [-0.25, -0.2) is 0 Å². The summed E-state index contributed by atoms with van der Waals surface area (Å²) in [5.74, 6) is 0.132. The minimum Gasteiger partial charge on any atom is -0.496 e. The van der Waals surface area contributed by atoms with Crippen molar-refractivity contribution in [2.24, 2.45) is 5.92 Å². The van der Waals surface area contributed by atoms with Crippen LogP contribution in [0.15, 0.2) is 48.2 Å². The smallest absolute Gasteiger partial charge is 0.278 e. The predicted molar refractivity (Wildman–Crippen MR) is 111 cm³/mol. The Morgan fingerprint density at radius 1 is 1.04 bits per heavy atom. The zero-order valence-electron chi connectivity index (χ0n) is 17.0. The molecule has 0 saturated carbocycles. The first kappa shape index (κ1) is 19.7. The molecule has 3 rings (SSSR count). The number of para-hydroxylation sites is 1. The highest BCUT2D eigenvalue weighted by Crippen LogP contribution is 2.36. The number of carbonyl (C=O) groups excluding carboxylic acids is 2. The molecule has 1 aliphatic rings. The topological polar surface area (TPSA) is 58.6 Å². The average Bonchev–Trinajstić information content (AvgIpc) is 2.87. The van der Waals surface area contributed by atoms with Gasteiger partial charge in [0.05, 0.1) is 12.7 Å². The number of aryl methyl sites for hydroxylation is 2. The Morgan fingerprint density at radius 3 is 2.39 bits per heavy atom. The number of amides is 2. The highest BCUT2D eigenvalue weighted by Gasteiger charge is 2.40. The number of benzene rings is 2. The maximum absolute atomic E-state index is 13.2. The summed E-state index contributed by atoms with van der Waals surface area (Å²) in [6.07, 6.45) is 0.